The van der Waals surface area contributed by atoms with E-state index in [4.69, 9.17) is 10.5 Å². The van der Waals surface area contributed by atoms with Gasteiger partial charge in [0.2, 0.25) is 5.91 Å². The Morgan fingerprint density at radius 1 is 1.44 bits per heavy atom. The van der Waals surface area contributed by atoms with E-state index in [0.29, 0.717) is 19.7 Å². The van der Waals surface area contributed by atoms with Crippen LogP contribution in [0.25, 0.3) is 0 Å². The van der Waals surface area contributed by atoms with Crippen molar-refractivity contribution in [2.24, 2.45) is 11.1 Å². The van der Waals surface area contributed by atoms with Crippen molar-refractivity contribution in [1.82, 2.24) is 5.32 Å². The van der Waals surface area contributed by atoms with Crippen molar-refractivity contribution in [2.45, 2.75) is 39.0 Å². The molecule has 1 aliphatic rings. The summed E-state index contributed by atoms with van der Waals surface area (Å²) in [7, 11) is 0. The first-order valence-electron chi connectivity index (χ1n) is 6.27. The number of carbonyl (C=O) groups is 1. The lowest BCUT2D eigenvalue weighted by Crippen LogP contribution is -2.41. The lowest BCUT2D eigenvalue weighted by atomic mass is 9.86. The second-order valence-electron chi connectivity index (χ2n) is 4.74. The molecule has 0 aromatic rings. The predicted octanol–water partition coefficient (Wildman–Crippen LogP) is 1.05. The molecule has 0 heterocycles. The fourth-order valence-corrected chi connectivity index (χ4v) is 2.22. The first kappa shape index (κ1) is 13.5. The van der Waals surface area contributed by atoms with Crippen molar-refractivity contribution in [1.29, 1.82) is 0 Å². The monoisotopic (exact) mass is 228 g/mol. The smallest absolute Gasteiger partial charge is 0.246 e. The number of carbonyl (C=O) groups excluding carboxylic acids is 1. The summed E-state index contributed by atoms with van der Waals surface area (Å²) in [4.78, 5) is 11.5. The van der Waals surface area contributed by atoms with Gasteiger partial charge in [0.25, 0.3) is 0 Å². The van der Waals surface area contributed by atoms with Crippen LogP contribution in [-0.2, 0) is 9.53 Å². The molecule has 16 heavy (non-hydrogen) atoms. The van der Waals surface area contributed by atoms with Gasteiger partial charge in [0, 0.05) is 13.2 Å². The van der Waals surface area contributed by atoms with Crippen molar-refractivity contribution < 1.29 is 9.53 Å². The molecule has 1 amide bonds. The molecule has 0 aromatic carbocycles. The molecule has 4 nitrogen and oxygen atoms in total. The Morgan fingerprint density at radius 2 is 2.12 bits per heavy atom. The van der Waals surface area contributed by atoms with E-state index in [0.717, 1.165) is 19.3 Å². The highest BCUT2D eigenvalue weighted by Gasteiger charge is 2.32. The molecule has 0 atom stereocenters. The number of nitrogens with one attached hydrogen (secondary N) is 1. The van der Waals surface area contributed by atoms with E-state index in [1.54, 1.807) is 0 Å². The van der Waals surface area contributed by atoms with Gasteiger partial charge in [0.05, 0.1) is 0 Å². The molecule has 0 spiro atoms. The fraction of sp³-hybridized carbons (Fsp3) is 0.917. The second kappa shape index (κ2) is 6.86. The number of ether oxygens (including phenoxy) is 1. The molecule has 4 heteroatoms. The molecule has 3 N–H and O–H groups in total. The summed E-state index contributed by atoms with van der Waals surface area (Å²) >= 11 is 0. The van der Waals surface area contributed by atoms with Gasteiger partial charge in [-0.3, -0.25) is 4.79 Å². The Hall–Kier alpha value is -0.610. The second-order valence-corrected chi connectivity index (χ2v) is 4.74. The van der Waals surface area contributed by atoms with Crippen LogP contribution in [0.1, 0.15) is 39.0 Å². The van der Waals surface area contributed by atoms with Crippen LogP contribution in [-0.4, -0.2) is 32.2 Å². The van der Waals surface area contributed by atoms with Crippen LogP contribution in [0.3, 0.4) is 0 Å². The molecule has 0 radical (unpaired) electrons. The van der Waals surface area contributed by atoms with Crippen LogP contribution in [0.2, 0.25) is 0 Å². The van der Waals surface area contributed by atoms with E-state index in [9.17, 15) is 4.79 Å². The number of hydrogen-bond donors (Lipinski definition) is 2. The van der Waals surface area contributed by atoms with Gasteiger partial charge in [0.15, 0.2) is 0 Å². The molecule has 0 bridgehead atoms. The zero-order valence-electron chi connectivity index (χ0n) is 10.3. The van der Waals surface area contributed by atoms with E-state index in [2.05, 4.69) is 5.32 Å². The van der Waals surface area contributed by atoms with Crippen LogP contribution < -0.4 is 11.1 Å². The summed E-state index contributed by atoms with van der Waals surface area (Å²) in [5.41, 5.74) is 5.95. The fourth-order valence-electron chi connectivity index (χ4n) is 2.22. The highest BCUT2D eigenvalue weighted by atomic mass is 16.5. The van der Waals surface area contributed by atoms with Gasteiger partial charge in [-0.25, -0.2) is 0 Å². The van der Waals surface area contributed by atoms with E-state index in [-0.39, 0.29) is 17.9 Å². The number of amides is 1. The third-order valence-corrected chi connectivity index (χ3v) is 3.34. The Balaban J connectivity index is 2.19. The summed E-state index contributed by atoms with van der Waals surface area (Å²) in [6, 6.07) is 0. The molecule has 1 aliphatic carbocycles. The Morgan fingerprint density at radius 3 is 2.69 bits per heavy atom. The number of nitrogens with two attached hydrogens (primary N) is 1. The van der Waals surface area contributed by atoms with Crippen molar-refractivity contribution in [3.8, 4) is 0 Å². The Kier molecular flexibility index (Phi) is 5.77. The molecule has 1 rings (SSSR count). The predicted molar refractivity (Wildman–Crippen MR) is 64.1 cm³/mol. The molecule has 1 saturated carbocycles. The highest BCUT2D eigenvalue weighted by molar-refractivity contribution is 5.77. The molecular formula is C12H24N2O2. The highest BCUT2D eigenvalue weighted by Crippen LogP contribution is 2.36. The maximum absolute atomic E-state index is 11.5. The standard InChI is InChI=1S/C12H24N2O2/c1-2-7-16-8-11(15)14-10-12(9-13)5-3-4-6-12/h2-10,13H2,1H3,(H,14,15). The van der Waals surface area contributed by atoms with Crippen molar-refractivity contribution in [3.05, 3.63) is 0 Å². The Bertz CT molecular complexity index is 213. The maximum Gasteiger partial charge on any atom is 0.246 e. The van der Waals surface area contributed by atoms with Gasteiger partial charge in [-0.2, -0.15) is 0 Å². The summed E-state index contributed by atoms with van der Waals surface area (Å²) in [5.74, 6) is -0.0202. The zero-order valence-corrected chi connectivity index (χ0v) is 10.3. The topological polar surface area (TPSA) is 64.3 Å². The van der Waals surface area contributed by atoms with Crippen LogP contribution in [0.4, 0.5) is 0 Å². The van der Waals surface area contributed by atoms with Crippen LogP contribution >= 0.6 is 0 Å². The van der Waals surface area contributed by atoms with Crippen LogP contribution in [0.15, 0.2) is 0 Å². The minimum Gasteiger partial charge on any atom is -0.372 e. The average Bonchev–Trinajstić information content (AvgIpc) is 2.76. The van der Waals surface area contributed by atoms with Gasteiger partial charge >= 0.3 is 0 Å². The first-order valence-corrected chi connectivity index (χ1v) is 6.27. The third kappa shape index (κ3) is 4.10. The van der Waals surface area contributed by atoms with Gasteiger partial charge in [-0.1, -0.05) is 19.8 Å². The largest absolute Gasteiger partial charge is 0.372 e. The number of hydrogen-bond acceptors (Lipinski definition) is 3. The van der Waals surface area contributed by atoms with Gasteiger partial charge < -0.3 is 15.8 Å². The summed E-state index contributed by atoms with van der Waals surface area (Å²) in [6.45, 7) is 4.23. The lowest BCUT2D eigenvalue weighted by molar-refractivity contribution is -0.126. The van der Waals surface area contributed by atoms with E-state index in [1.807, 2.05) is 6.92 Å². The molecular weight excluding hydrogens is 204 g/mol. The first-order chi connectivity index (χ1) is 7.72. The minimum atomic E-state index is -0.0202. The lowest BCUT2D eigenvalue weighted by Gasteiger charge is -2.27. The summed E-state index contributed by atoms with van der Waals surface area (Å²) in [6.07, 6.45) is 5.69. The van der Waals surface area contributed by atoms with E-state index in [1.165, 1.54) is 12.8 Å². The maximum atomic E-state index is 11.5. The SMILES string of the molecule is CCCOCC(=O)NCC1(CN)CCCC1. The van der Waals surface area contributed by atoms with Gasteiger partial charge in [0.1, 0.15) is 6.61 Å². The van der Waals surface area contributed by atoms with E-state index >= 15 is 0 Å². The van der Waals surface area contributed by atoms with Crippen molar-refractivity contribution >= 4 is 5.91 Å². The molecule has 0 aliphatic heterocycles. The van der Waals surface area contributed by atoms with Gasteiger partial charge in [-0.15, -0.1) is 0 Å². The number of rotatable bonds is 7. The molecule has 0 saturated heterocycles. The van der Waals surface area contributed by atoms with Gasteiger partial charge in [-0.05, 0) is 31.2 Å². The molecule has 0 aromatic heterocycles. The quantitative estimate of drug-likeness (QED) is 0.640. The zero-order chi connectivity index (χ0) is 11.9. The van der Waals surface area contributed by atoms with Crippen LogP contribution in [0, 0.1) is 5.41 Å². The van der Waals surface area contributed by atoms with Crippen molar-refractivity contribution in [2.75, 3.05) is 26.3 Å². The summed E-state index contributed by atoms with van der Waals surface area (Å²) in [5, 5.41) is 2.93. The average molecular weight is 228 g/mol. The Labute approximate surface area is 97.9 Å². The molecule has 1 fully saturated rings. The molecule has 94 valence electrons. The van der Waals surface area contributed by atoms with E-state index < -0.39 is 0 Å². The van der Waals surface area contributed by atoms with Crippen molar-refractivity contribution in [3.63, 3.8) is 0 Å². The molecule has 0 unspecified atom stereocenters. The van der Waals surface area contributed by atoms with Crippen LogP contribution in [0.5, 0.6) is 0 Å². The minimum absolute atomic E-state index is 0.0202. The third-order valence-electron chi connectivity index (χ3n) is 3.34. The normalized spacial score (nSPS) is 18.6. The summed E-state index contributed by atoms with van der Waals surface area (Å²) < 4.78 is 5.18.